The summed E-state index contributed by atoms with van der Waals surface area (Å²) in [6.45, 7) is 4.84. The summed E-state index contributed by atoms with van der Waals surface area (Å²) in [6, 6.07) is 2.03. The minimum atomic E-state index is -0.571. The van der Waals surface area contributed by atoms with Crippen LogP contribution in [0.3, 0.4) is 0 Å². The largest absolute Gasteiger partial charge is 0.388 e. The molecule has 3 nitrogen and oxygen atoms in total. The third-order valence-corrected chi connectivity index (χ3v) is 4.37. The van der Waals surface area contributed by atoms with Crippen molar-refractivity contribution in [3.63, 3.8) is 0 Å². The van der Waals surface area contributed by atoms with Gasteiger partial charge in [-0.05, 0) is 66.1 Å². The van der Waals surface area contributed by atoms with Crippen LogP contribution >= 0.6 is 15.9 Å². The number of nitrogens with zero attached hydrogens (tertiary/aromatic N) is 1. The van der Waals surface area contributed by atoms with Crippen LogP contribution in [0.15, 0.2) is 16.7 Å². The van der Waals surface area contributed by atoms with Crippen molar-refractivity contribution in [1.82, 2.24) is 4.98 Å². The number of aromatic nitrogens is 1. The third-order valence-electron chi connectivity index (χ3n) is 3.77. The van der Waals surface area contributed by atoms with Crippen molar-refractivity contribution in [2.45, 2.75) is 45.1 Å². The lowest BCUT2D eigenvalue weighted by Gasteiger charge is -2.35. The molecule has 100 valence electrons. The fourth-order valence-corrected chi connectivity index (χ4v) is 2.99. The second-order valence-electron chi connectivity index (χ2n) is 5.60. The van der Waals surface area contributed by atoms with Crippen molar-refractivity contribution >= 4 is 21.7 Å². The molecule has 4 heteroatoms. The van der Waals surface area contributed by atoms with Gasteiger partial charge in [-0.2, -0.15) is 0 Å². The van der Waals surface area contributed by atoms with E-state index < -0.39 is 5.60 Å². The Kier molecular flexibility index (Phi) is 4.28. The fourth-order valence-electron chi connectivity index (χ4n) is 2.39. The van der Waals surface area contributed by atoms with E-state index in [0.29, 0.717) is 6.54 Å². The average molecular weight is 313 g/mol. The third kappa shape index (κ3) is 3.45. The normalized spacial score (nSPS) is 28.1. The zero-order chi connectivity index (χ0) is 13.2. The van der Waals surface area contributed by atoms with Crippen LogP contribution in [0.2, 0.25) is 0 Å². The van der Waals surface area contributed by atoms with Gasteiger partial charge in [0.05, 0.1) is 10.1 Å². The van der Waals surface area contributed by atoms with Crippen molar-refractivity contribution in [2.75, 3.05) is 11.9 Å². The number of hydrogen-bond donors (Lipinski definition) is 2. The van der Waals surface area contributed by atoms with Crippen molar-refractivity contribution < 1.29 is 5.11 Å². The molecule has 1 aliphatic rings. The van der Waals surface area contributed by atoms with Crippen molar-refractivity contribution in [3.8, 4) is 0 Å². The van der Waals surface area contributed by atoms with Crippen molar-refractivity contribution in [1.29, 1.82) is 0 Å². The lowest BCUT2D eigenvalue weighted by molar-refractivity contribution is 0.00494. The highest BCUT2D eigenvalue weighted by Crippen LogP contribution is 2.32. The Labute approximate surface area is 117 Å². The van der Waals surface area contributed by atoms with E-state index in [2.05, 4.69) is 33.2 Å². The predicted molar refractivity (Wildman–Crippen MR) is 77.7 cm³/mol. The first-order valence-electron chi connectivity index (χ1n) is 6.57. The summed E-state index contributed by atoms with van der Waals surface area (Å²) >= 11 is 3.49. The summed E-state index contributed by atoms with van der Waals surface area (Å²) in [7, 11) is 0. The second kappa shape index (κ2) is 5.57. The van der Waals surface area contributed by atoms with Gasteiger partial charge in [-0.1, -0.05) is 6.92 Å². The summed E-state index contributed by atoms with van der Waals surface area (Å²) in [4.78, 5) is 4.34. The molecule has 0 bridgehead atoms. The summed E-state index contributed by atoms with van der Waals surface area (Å²) in [5.41, 5.74) is 0.552. The van der Waals surface area contributed by atoms with Crippen LogP contribution in [0.1, 0.15) is 38.2 Å². The van der Waals surface area contributed by atoms with Gasteiger partial charge in [-0.25, -0.2) is 4.98 Å². The van der Waals surface area contributed by atoms with Gasteiger partial charge in [0.2, 0.25) is 0 Å². The van der Waals surface area contributed by atoms with E-state index in [1.54, 1.807) is 0 Å². The first kappa shape index (κ1) is 13.8. The molecular formula is C14H21BrN2O. The average Bonchev–Trinajstić information content (AvgIpc) is 2.32. The topological polar surface area (TPSA) is 45.2 Å². The molecule has 0 atom stereocenters. The highest BCUT2D eigenvalue weighted by atomic mass is 79.9. The summed E-state index contributed by atoms with van der Waals surface area (Å²) in [5.74, 6) is 1.56. The van der Waals surface area contributed by atoms with Crippen LogP contribution in [0, 0.1) is 12.8 Å². The molecule has 1 aliphatic carbocycles. The lowest BCUT2D eigenvalue weighted by atomic mass is 9.79. The molecule has 0 aliphatic heterocycles. The fraction of sp³-hybridized carbons (Fsp3) is 0.643. The molecule has 0 unspecified atom stereocenters. The Morgan fingerprint density at radius 2 is 2.17 bits per heavy atom. The van der Waals surface area contributed by atoms with E-state index in [9.17, 15) is 5.11 Å². The summed E-state index contributed by atoms with van der Waals surface area (Å²) in [5, 5.41) is 13.7. The van der Waals surface area contributed by atoms with E-state index in [1.807, 2.05) is 19.2 Å². The lowest BCUT2D eigenvalue weighted by Crippen LogP contribution is -2.40. The molecular weight excluding hydrogens is 292 g/mol. The van der Waals surface area contributed by atoms with Gasteiger partial charge in [0.1, 0.15) is 5.82 Å². The Bertz CT molecular complexity index is 414. The molecule has 1 fully saturated rings. The van der Waals surface area contributed by atoms with E-state index in [4.69, 9.17) is 0 Å². The van der Waals surface area contributed by atoms with Crippen LogP contribution < -0.4 is 5.32 Å². The molecule has 0 amide bonds. The van der Waals surface area contributed by atoms with Gasteiger partial charge in [0.25, 0.3) is 0 Å². The van der Waals surface area contributed by atoms with Gasteiger partial charge in [-0.3, -0.25) is 0 Å². The molecule has 0 aromatic carbocycles. The summed E-state index contributed by atoms with van der Waals surface area (Å²) < 4.78 is 0.954. The molecule has 1 heterocycles. The van der Waals surface area contributed by atoms with Gasteiger partial charge in [-0.15, -0.1) is 0 Å². The maximum absolute atomic E-state index is 10.5. The quantitative estimate of drug-likeness (QED) is 0.897. The smallest absolute Gasteiger partial charge is 0.140 e. The van der Waals surface area contributed by atoms with Crippen LogP contribution in [-0.2, 0) is 0 Å². The second-order valence-corrected chi connectivity index (χ2v) is 6.46. The van der Waals surface area contributed by atoms with E-state index >= 15 is 0 Å². The highest BCUT2D eigenvalue weighted by Gasteiger charge is 2.31. The van der Waals surface area contributed by atoms with Gasteiger partial charge in [0, 0.05) is 12.7 Å². The monoisotopic (exact) mass is 312 g/mol. The summed E-state index contributed by atoms with van der Waals surface area (Å²) in [6.07, 6.45) is 5.82. The van der Waals surface area contributed by atoms with E-state index in [1.165, 1.54) is 0 Å². The minimum absolute atomic E-state index is 0.571. The van der Waals surface area contributed by atoms with Crippen molar-refractivity contribution in [3.05, 3.63) is 22.3 Å². The predicted octanol–water partition coefficient (Wildman–Crippen LogP) is 3.51. The van der Waals surface area contributed by atoms with Gasteiger partial charge in [0.15, 0.2) is 0 Å². The molecule has 0 spiro atoms. The first-order valence-corrected chi connectivity index (χ1v) is 7.36. The van der Waals surface area contributed by atoms with E-state index in [0.717, 1.165) is 47.5 Å². The number of nitrogens with one attached hydrogen (secondary N) is 1. The molecule has 2 N–H and O–H groups in total. The Balaban J connectivity index is 1.94. The van der Waals surface area contributed by atoms with Crippen LogP contribution in [0.4, 0.5) is 5.82 Å². The molecule has 18 heavy (non-hydrogen) atoms. The zero-order valence-corrected chi connectivity index (χ0v) is 12.6. The van der Waals surface area contributed by atoms with E-state index in [-0.39, 0.29) is 0 Å². The number of aliphatic hydroxyl groups is 1. The maximum atomic E-state index is 10.5. The number of anilines is 1. The first-order chi connectivity index (χ1) is 8.48. The number of pyridine rings is 1. The maximum Gasteiger partial charge on any atom is 0.140 e. The standard InChI is InChI=1S/C14H21BrN2O/c1-10-3-5-14(18,6-4-10)9-17-13-12(15)7-11(2)8-16-13/h7-8,10,18H,3-6,9H2,1-2H3,(H,16,17). The molecule has 1 saturated carbocycles. The molecule has 1 aromatic rings. The molecule has 0 radical (unpaired) electrons. The number of hydrogen-bond acceptors (Lipinski definition) is 3. The molecule has 1 aromatic heterocycles. The van der Waals surface area contributed by atoms with Crippen LogP contribution in [0.5, 0.6) is 0 Å². The minimum Gasteiger partial charge on any atom is -0.388 e. The SMILES string of the molecule is Cc1cnc(NCC2(O)CCC(C)CC2)c(Br)c1. The Morgan fingerprint density at radius 1 is 1.50 bits per heavy atom. The number of aryl methyl sites for hydroxylation is 1. The molecule has 2 rings (SSSR count). The Hall–Kier alpha value is -0.610. The van der Waals surface area contributed by atoms with Gasteiger partial charge < -0.3 is 10.4 Å². The van der Waals surface area contributed by atoms with Crippen molar-refractivity contribution in [2.24, 2.45) is 5.92 Å². The van der Waals surface area contributed by atoms with Crippen LogP contribution in [-0.4, -0.2) is 22.2 Å². The molecule has 0 saturated heterocycles. The van der Waals surface area contributed by atoms with Crippen LogP contribution in [0.25, 0.3) is 0 Å². The highest BCUT2D eigenvalue weighted by molar-refractivity contribution is 9.10. The Morgan fingerprint density at radius 3 is 2.78 bits per heavy atom. The zero-order valence-electron chi connectivity index (χ0n) is 11.0. The number of halogens is 1. The van der Waals surface area contributed by atoms with Gasteiger partial charge >= 0.3 is 0 Å². The number of rotatable bonds is 3.